The summed E-state index contributed by atoms with van der Waals surface area (Å²) in [5, 5.41) is 0. The molecule has 2 aromatic rings. The molecule has 0 heterocycles. The molecule has 0 spiro atoms. The lowest BCUT2D eigenvalue weighted by molar-refractivity contribution is -0.153. The van der Waals surface area contributed by atoms with Crippen LogP contribution in [0.5, 0.6) is 5.75 Å². The van der Waals surface area contributed by atoms with Gasteiger partial charge in [0.25, 0.3) is 0 Å². The van der Waals surface area contributed by atoms with Crippen molar-refractivity contribution in [3.63, 3.8) is 0 Å². The van der Waals surface area contributed by atoms with Gasteiger partial charge in [0.2, 0.25) is 5.78 Å². The van der Waals surface area contributed by atoms with Gasteiger partial charge in [-0.15, -0.1) is 0 Å². The molecule has 0 atom stereocenters. The lowest BCUT2D eigenvalue weighted by Gasteiger charge is -2.10. The third kappa shape index (κ3) is 5.57. The number of benzene rings is 2. The minimum absolute atomic E-state index is 0.0952. The Bertz CT molecular complexity index is 737. The molecule has 0 saturated heterocycles. The number of ketones is 2. The summed E-state index contributed by atoms with van der Waals surface area (Å²) in [4.78, 5) is 35.4. The predicted octanol–water partition coefficient (Wildman–Crippen LogP) is 3.01. The molecule has 0 amide bonds. The van der Waals surface area contributed by atoms with Crippen LogP contribution in [0, 0.1) is 0 Å². The average molecular weight is 340 g/mol. The second-order valence-corrected chi connectivity index (χ2v) is 5.32. The monoisotopic (exact) mass is 340 g/mol. The molecule has 0 unspecified atom stereocenters. The third-order valence-corrected chi connectivity index (χ3v) is 3.50. The second-order valence-electron chi connectivity index (χ2n) is 5.32. The third-order valence-electron chi connectivity index (χ3n) is 3.50. The van der Waals surface area contributed by atoms with E-state index in [1.165, 1.54) is 0 Å². The van der Waals surface area contributed by atoms with E-state index in [2.05, 4.69) is 4.74 Å². The Labute approximate surface area is 146 Å². The maximum Gasteiger partial charge on any atom is 0.375 e. The molecule has 0 bridgehead atoms. The maximum absolute atomic E-state index is 12.3. The molecule has 2 rings (SSSR count). The molecule has 2 aromatic carbocycles. The fourth-order valence-corrected chi connectivity index (χ4v) is 2.27. The highest BCUT2D eigenvalue weighted by Gasteiger charge is 2.22. The van der Waals surface area contributed by atoms with Crippen LogP contribution in [0.2, 0.25) is 0 Å². The number of hydrogen-bond donors (Lipinski definition) is 0. The van der Waals surface area contributed by atoms with E-state index >= 15 is 0 Å². The maximum atomic E-state index is 12.3. The zero-order chi connectivity index (χ0) is 18.1. The van der Waals surface area contributed by atoms with Crippen LogP contribution in [-0.4, -0.2) is 30.7 Å². The number of ether oxygens (including phenoxy) is 2. The van der Waals surface area contributed by atoms with Crippen molar-refractivity contribution < 1.29 is 23.9 Å². The molecule has 0 aliphatic heterocycles. The van der Waals surface area contributed by atoms with Crippen LogP contribution in [0.4, 0.5) is 0 Å². The summed E-state index contributed by atoms with van der Waals surface area (Å²) in [7, 11) is 0. The van der Waals surface area contributed by atoms with E-state index in [4.69, 9.17) is 4.74 Å². The average Bonchev–Trinajstić information content (AvgIpc) is 2.63. The summed E-state index contributed by atoms with van der Waals surface area (Å²) in [6, 6.07) is 16.5. The number of para-hydroxylation sites is 1. The lowest BCUT2D eigenvalue weighted by atomic mass is 10.0. The first-order valence-corrected chi connectivity index (χ1v) is 8.10. The van der Waals surface area contributed by atoms with E-state index in [0.29, 0.717) is 18.8 Å². The quantitative estimate of drug-likeness (QED) is 0.304. The van der Waals surface area contributed by atoms with Crippen LogP contribution in [0.25, 0.3) is 0 Å². The minimum Gasteiger partial charge on any atom is -0.492 e. The zero-order valence-electron chi connectivity index (χ0n) is 14.1. The van der Waals surface area contributed by atoms with Gasteiger partial charge in [-0.3, -0.25) is 9.59 Å². The first kappa shape index (κ1) is 18.4. The number of esters is 1. The van der Waals surface area contributed by atoms with Gasteiger partial charge in [-0.1, -0.05) is 42.5 Å². The van der Waals surface area contributed by atoms with Crippen molar-refractivity contribution in [2.45, 2.75) is 19.8 Å². The molecule has 0 aromatic heterocycles. The van der Waals surface area contributed by atoms with E-state index in [9.17, 15) is 14.4 Å². The van der Waals surface area contributed by atoms with Crippen molar-refractivity contribution in [3.8, 4) is 5.75 Å². The van der Waals surface area contributed by atoms with Crippen LogP contribution in [0.15, 0.2) is 54.6 Å². The molecule has 130 valence electrons. The molecule has 5 nitrogen and oxygen atoms in total. The Hall–Kier alpha value is -2.95. The summed E-state index contributed by atoms with van der Waals surface area (Å²) in [5.74, 6) is -1.90. The molecule has 5 heteroatoms. The summed E-state index contributed by atoms with van der Waals surface area (Å²) >= 11 is 0. The van der Waals surface area contributed by atoms with Gasteiger partial charge in [0.05, 0.1) is 25.2 Å². The predicted molar refractivity (Wildman–Crippen MR) is 92.7 cm³/mol. The molecule has 0 fully saturated rings. The molecule has 0 saturated carbocycles. The fraction of sp³-hybridized carbons (Fsp3) is 0.250. The Morgan fingerprint density at radius 2 is 1.60 bits per heavy atom. The summed E-state index contributed by atoms with van der Waals surface area (Å²) in [6.45, 7) is 2.10. The molecule has 0 N–H and O–H groups in total. The highest BCUT2D eigenvalue weighted by Crippen LogP contribution is 2.20. The summed E-state index contributed by atoms with van der Waals surface area (Å²) < 4.78 is 10.3. The fourth-order valence-electron chi connectivity index (χ4n) is 2.27. The Morgan fingerprint density at radius 1 is 0.920 bits per heavy atom. The smallest absolute Gasteiger partial charge is 0.375 e. The van der Waals surface area contributed by atoms with Crippen LogP contribution in [-0.2, 0) is 20.7 Å². The van der Waals surface area contributed by atoms with Gasteiger partial charge in [-0.2, -0.15) is 0 Å². The summed E-state index contributed by atoms with van der Waals surface area (Å²) in [6.07, 6.45) is 0.170. The Kier molecular flexibility index (Phi) is 6.89. The number of Topliss-reactive ketones (excluding diaryl/α,β-unsaturated/α-hetero) is 2. The molecule has 25 heavy (non-hydrogen) atoms. The zero-order valence-corrected chi connectivity index (χ0v) is 14.1. The van der Waals surface area contributed by atoms with Crippen molar-refractivity contribution in [2.75, 3.05) is 13.2 Å². The number of carbonyl (C=O) groups excluding carboxylic acids is 3. The van der Waals surface area contributed by atoms with Gasteiger partial charge < -0.3 is 9.47 Å². The topological polar surface area (TPSA) is 69.7 Å². The van der Waals surface area contributed by atoms with Crippen LogP contribution >= 0.6 is 0 Å². The standard InChI is InChI=1S/C20H20O5/c1-2-24-20(23)18(22)14-17(21)16-10-6-7-11-19(16)25-13-12-15-8-4-3-5-9-15/h3-11H,2,12-14H2,1H3. The number of hydrogen-bond acceptors (Lipinski definition) is 5. The van der Waals surface area contributed by atoms with E-state index in [1.54, 1.807) is 31.2 Å². The van der Waals surface area contributed by atoms with E-state index < -0.39 is 24.0 Å². The first-order chi connectivity index (χ1) is 12.1. The normalized spacial score (nSPS) is 10.1. The second kappa shape index (κ2) is 9.37. The highest BCUT2D eigenvalue weighted by molar-refractivity contribution is 6.38. The minimum atomic E-state index is -0.988. The van der Waals surface area contributed by atoms with Gasteiger partial charge in [-0.05, 0) is 24.6 Å². The van der Waals surface area contributed by atoms with Gasteiger partial charge in [0.1, 0.15) is 5.75 Å². The van der Waals surface area contributed by atoms with Crippen molar-refractivity contribution in [2.24, 2.45) is 0 Å². The Morgan fingerprint density at radius 3 is 2.32 bits per heavy atom. The van der Waals surface area contributed by atoms with Crippen molar-refractivity contribution in [3.05, 3.63) is 65.7 Å². The van der Waals surface area contributed by atoms with Gasteiger partial charge in [0.15, 0.2) is 5.78 Å². The molecular weight excluding hydrogens is 320 g/mol. The molecule has 0 aliphatic rings. The first-order valence-electron chi connectivity index (χ1n) is 8.10. The lowest BCUT2D eigenvalue weighted by Crippen LogP contribution is -2.21. The number of rotatable bonds is 9. The van der Waals surface area contributed by atoms with Gasteiger partial charge in [0, 0.05) is 6.42 Å². The molecule has 0 radical (unpaired) electrons. The van der Waals surface area contributed by atoms with E-state index in [-0.39, 0.29) is 12.2 Å². The largest absolute Gasteiger partial charge is 0.492 e. The van der Waals surface area contributed by atoms with Crippen LogP contribution in [0.1, 0.15) is 29.3 Å². The van der Waals surface area contributed by atoms with Crippen LogP contribution < -0.4 is 4.74 Å². The highest BCUT2D eigenvalue weighted by atomic mass is 16.5. The van der Waals surface area contributed by atoms with E-state index in [0.717, 1.165) is 5.56 Å². The molecular formula is C20H20O5. The van der Waals surface area contributed by atoms with Crippen molar-refractivity contribution >= 4 is 17.5 Å². The van der Waals surface area contributed by atoms with Gasteiger partial charge >= 0.3 is 5.97 Å². The SMILES string of the molecule is CCOC(=O)C(=O)CC(=O)c1ccccc1OCCc1ccccc1. The van der Waals surface area contributed by atoms with Crippen molar-refractivity contribution in [1.29, 1.82) is 0 Å². The Balaban J connectivity index is 1.98. The molecule has 0 aliphatic carbocycles. The summed E-state index contributed by atoms with van der Waals surface area (Å²) in [5.41, 5.74) is 1.41. The van der Waals surface area contributed by atoms with Gasteiger partial charge in [-0.25, -0.2) is 4.79 Å². The van der Waals surface area contributed by atoms with Crippen LogP contribution in [0.3, 0.4) is 0 Å². The van der Waals surface area contributed by atoms with Crippen molar-refractivity contribution in [1.82, 2.24) is 0 Å². The van der Waals surface area contributed by atoms with E-state index in [1.807, 2.05) is 30.3 Å². The number of carbonyl (C=O) groups is 3.